The van der Waals surface area contributed by atoms with Gasteiger partial charge in [0.25, 0.3) is 0 Å². The summed E-state index contributed by atoms with van der Waals surface area (Å²) >= 11 is 3.24. The number of ether oxygens (including phenoxy) is 1. The lowest BCUT2D eigenvalue weighted by molar-refractivity contribution is -0.143. The minimum Gasteiger partial charge on any atom is -0.452 e. The van der Waals surface area contributed by atoms with Crippen molar-refractivity contribution in [1.29, 1.82) is 0 Å². The highest BCUT2D eigenvalue weighted by Gasteiger charge is 2.27. The van der Waals surface area contributed by atoms with Crippen molar-refractivity contribution in [2.45, 2.75) is 34.9 Å². The van der Waals surface area contributed by atoms with E-state index in [1.165, 1.54) is 35.6 Å². The van der Waals surface area contributed by atoms with Crippen LogP contribution in [0.15, 0.2) is 34.5 Å². The van der Waals surface area contributed by atoms with Crippen LogP contribution in [0.1, 0.15) is 18.4 Å². The molecule has 28 heavy (non-hydrogen) atoms. The van der Waals surface area contributed by atoms with Gasteiger partial charge in [-0.1, -0.05) is 12.1 Å². The quantitative estimate of drug-likeness (QED) is 0.307. The van der Waals surface area contributed by atoms with Crippen LogP contribution in [0, 0.1) is 0 Å². The number of hydrogen-bond acceptors (Lipinski definition) is 6. The number of nitrogens with zero attached hydrogens (tertiary/aromatic N) is 1. The number of benzene rings is 1. The number of carbonyl (C=O) groups excluding carboxylic acids is 1. The average Bonchev–Trinajstić information content (AvgIpc) is 3.01. The molecule has 0 amide bonds. The van der Waals surface area contributed by atoms with Crippen molar-refractivity contribution in [2.24, 2.45) is 0 Å². The van der Waals surface area contributed by atoms with Crippen molar-refractivity contribution in [3.05, 3.63) is 34.7 Å². The maximum Gasteiger partial charge on any atom is 0.390 e. The van der Waals surface area contributed by atoms with E-state index in [0.717, 1.165) is 0 Å². The van der Waals surface area contributed by atoms with Crippen molar-refractivity contribution in [1.82, 2.24) is 9.71 Å². The van der Waals surface area contributed by atoms with Crippen molar-refractivity contribution in [3.63, 3.8) is 0 Å². The van der Waals surface area contributed by atoms with E-state index in [9.17, 15) is 26.4 Å². The Hall–Kier alpha value is -1.25. The Labute approximate surface area is 177 Å². The minimum absolute atomic E-state index is 0.0353. The lowest BCUT2D eigenvalue weighted by Crippen LogP contribution is -2.28. The highest BCUT2D eigenvalue weighted by Crippen LogP contribution is 2.24. The smallest absolute Gasteiger partial charge is 0.390 e. The zero-order valence-corrected chi connectivity index (χ0v) is 18.3. The first-order chi connectivity index (χ1) is 13.0. The summed E-state index contributed by atoms with van der Waals surface area (Å²) in [6.45, 7) is 1.01. The Morgan fingerprint density at radius 2 is 1.96 bits per heavy atom. The van der Waals surface area contributed by atoms with Crippen molar-refractivity contribution >= 4 is 49.9 Å². The van der Waals surface area contributed by atoms with Gasteiger partial charge in [-0.3, -0.25) is 4.79 Å². The largest absolute Gasteiger partial charge is 0.452 e. The van der Waals surface area contributed by atoms with Crippen molar-refractivity contribution < 1.29 is 31.1 Å². The van der Waals surface area contributed by atoms with Crippen molar-refractivity contribution in [2.75, 3.05) is 6.54 Å². The molecule has 0 aliphatic carbocycles. The van der Waals surface area contributed by atoms with Gasteiger partial charge in [-0.15, -0.1) is 11.3 Å². The zero-order valence-electron chi connectivity index (χ0n) is 14.5. The predicted molar refractivity (Wildman–Crippen MR) is 107 cm³/mol. The fourth-order valence-electron chi connectivity index (χ4n) is 2.09. The maximum absolute atomic E-state index is 12.1. The SMILES string of the molecule is CC(I)OC(=O)Cc1nc(-c2ccc(S(=O)(=O)NCCC(F)(F)F)cc2)cs1. The molecule has 12 heteroatoms. The minimum atomic E-state index is -4.43. The molecule has 1 N–H and O–H groups in total. The molecule has 6 nitrogen and oxygen atoms in total. The molecule has 154 valence electrons. The van der Waals surface area contributed by atoms with E-state index in [-0.39, 0.29) is 15.4 Å². The summed E-state index contributed by atoms with van der Waals surface area (Å²) in [7, 11) is -4.03. The number of hydrogen-bond donors (Lipinski definition) is 1. The van der Waals surface area contributed by atoms with Gasteiger partial charge in [0.1, 0.15) is 9.12 Å². The molecule has 2 aromatic rings. The molecule has 0 saturated heterocycles. The maximum atomic E-state index is 12.1. The molecule has 0 radical (unpaired) electrons. The first-order valence-electron chi connectivity index (χ1n) is 7.91. The number of thiazole rings is 1. The number of alkyl halides is 4. The second-order valence-electron chi connectivity index (χ2n) is 5.62. The van der Waals surface area contributed by atoms with Crippen LogP contribution < -0.4 is 4.72 Å². The van der Waals surface area contributed by atoms with E-state index in [4.69, 9.17) is 4.74 Å². The molecule has 1 aromatic carbocycles. The van der Waals surface area contributed by atoms with Crippen molar-refractivity contribution in [3.8, 4) is 11.3 Å². The lowest BCUT2D eigenvalue weighted by Gasteiger charge is -2.09. The standard InChI is InChI=1S/C16H16F3IN2O4S2/c1-10(20)26-15(23)8-14-22-13(9-27-14)11-2-4-12(5-3-11)28(24,25)21-7-6-16(17,18)19/h2-5,9-10,21H,6-8H2,1H3. The Kier molecular flexibility index (Phi) is 7.81. The van der Waals surface area contributed by atoms with Crippen LogP contribution in [-0.4, -0.2) is 36.2 Å². The van der Waals surface area contributed by atoms with Crippen LogP contribution in [0.25, 0.3) is 11.3 Å². The van der Waals surface area contributed by atoms with Gasteiger partial charge in [-0.2, -0.15) is 13.2 Å². The summed E-state index contributed by atoms with van der Waals surface area (Å²) in [5.74, 6) is -0.394. The average molecular weight is 548 g/mol. The molecule has 0 saturated carbocycles. The molecule has 0 aliphatic rings. The number of nitrogens with one attached hydrogen (secondary N) is 1. The topological polar surface area (TPSA) is 85.4 Å². The second kappa shape index (κ2) is 9.50. The number of rotatable bonds is 8. The fourth-order valence-corrected chi connectivity index (χ4v) is 4.19. The Balaban J connectivity index is 2.03. The number of aromatic nitrogens is 1. The van der Waals surface area contributed by atoms with Gasteiger partial charge in [0.2, 0.25) is 10.0 Å². The first kappa shape index (κ1) is 23.0. The summed E-state index contributed by atoms with van der Waals surface area (Å²) in [6.07, 6.45) is -5.64. The van der Waals surface area contributed by atoms with Crippen LogP contribution >= 0.6 is 33.9 Å². The van der Waals surface area contributed by atoms with Gasteiger partial charge in [0, 0.05) is 17.5 Å². The van der Waals surface area contributed by atoms with E-state index < -0.39 is 35.1 Å². The van der Waals surface area contributed by atoms with Gasteiger partial charge >= 0.3 is 12.1 Å². The Morgan fingerprint density at radius 3 is 2.54 bits per heavy atom. The highest BCUT2D eigenvalue weighted by atomic mass is 127. The van der Waals surface area contributed by atoms with Gasteiger partial charge in [-0.25, -0.2) is 18.1 Å². The van der Waals surface area contributed by atoms with Gasteiger partial charge < -0.3 is 4.74 Å². The molecule has 2 rings (SSSR count). The van der Waals surface area contributed by atoms with E-state index in [0.29, 0.717) is 16.3 Å². The Morgan fingerprint density at radius 1 is 1.32 bits per heavy atom. The first-order valence-corrected chi connectivity index (χ1v) is 11.5. The van der Waals surface area contributed by atoms with Crippen LogP contribution in [-0.2, 0) is 26.0 Å². The number of esters is 1. The monoisotopic (exact) mass is 548 g/mol. The molecule has 1 heterocycles. The molecular weight excluding hydrogens is 532 g/mol. The molecule has 0 bridgehead atoms. The summed E-state index contributed by atoms with van der Waals surface area (Å²) in [5, 5.41) is 2.28. The number of sulfonamides is 1. The predicted octanol–water partition coefficient (Wildman–Crippen LogP) is 3.91. The van der Waals surface area contributed by atoms with Crippen LogP contribution in [0.2, 0.25) is 0 Å². The van der Waals surface area contributed by atoms with E-state index in [1.54, 1.807) is 12.3 Å². The van der Waals surface area contributed by atoms with Gasteiger partial charge in [0.15, 0.2) is 0 Å². The molecule has 0 fully saturated rings. The van der Waals surface area contributed by atoms with Crippen LogP contribution in [0.4, 0.5) is 13.2 Å². The van der Waals surface area contributed by atoms with Gasteiger partial charge in [0.05, 0.1) is 23.4 Å². The number of carbonyl (C=O) groups is 1. The van der Waals surface area contributed by atoms with Crippen LogP contribution in [0.5, 0.6) is 0 Å². The second-order valence-corrected chi connectivity index (χ2v) is 10.1. The molecule has 1 atom stereocenters. The fraction of sp³-hybridized carbons (Fsp3) is 0.375. The molecule has 1 unspecified atom stereocenters. The third-order valence-electron chi connectivity index (χ3n) is 3.30. The lowest BCUT2D eigenvalue weighted by atomic mass is 10.2. The summed E-state index contributed by atoms with van der Waals surface area (Å²) in [6, 6.07) is 5.58. The molecule has 1 aromatic heterocycles. The zero-order chi connectivity index (χ0) is 20.9. The van der Waals surface area contributed by atoms with Crippen LogP contribution in [0.3, 0.4) is 0 Å². The third kappa shape index (κ3) is 7.29. The van der Waals surface area contributed by atoms with E-state index in [2.05, 4.69) is 4.98 Å². The number of halogens is 4. The highest BCUT2D eigenvalue weighted by molar-refractivity contribution is 14.1. The van der Waals surface area contributed by atoms with E-state index >= 15 is 0 Å². The summed E-state index contributed by atoms with van der Waals surface area (Å²) in [4.78, 5) is 15.8. The molecular formula is C16H16F3IN2O4S2. The molecule has 0 spiro atoms. The van der Waals surface area contributed by atoms with Gasteiger partial charge in [-0.05, 0) is 41.6 Å². The third-order valence-corrected chi connectivity index (χ3v) is 5.88. The normalized spacial score (nSPS) is 13.3. The Bertz CT molecular complexity index is 913. The summed E-state index contributed by atoms with van der Waals surface area (Å²) < 4.78 is 67.2. The molecule has 0 aliphatic heterocycles. The summed E-state index contributed by atoms with van der Waals surface area (Å²) in [5.41, 5.74) is 1.18. The van der Waals surface area contributed by atoms with E-state index in [1.807, 2.05) is 27.3 Å².